The summed E-state index contributed by atoms with van der Waals surface area (Å²) in [5.74, 6) is 1.32. The molecule has 1 fully saturated rings. The van der Waals surface area contributed by atoms with Gasteiger partial charge in [-0.25, -0.2) is 0 Å². The van der Waals surface area contributed by atoms with Crippen LogP contribution in [0.2, 0.25) is 5.02 Å². The van der Waals surface area contributed by atoms with E-state index in [4.69, 9.17) is 11.6 Å². The lowest BCUT2D eigenvalue weighted by Crippen LogP contribution is -2.40. The van der Waals surface area contributed by atoms with Crippen molar-refractivity contribution in [2.24, 2.45) is 0 Å². The van der Waals surface area contributed by atoms with Crippen molar-refractivity contribution in [3.63, 3.8) is 0 Å². The third-order valence-electron chi connectivity index (χ3n) is 4.75. The maximum absolute atomic E-state index is 12.7. The Bertz CT molecular complexity index is 890. The van der Waals surface area contributed by atoms with Gasteiger partial charge < -0.3 is 4.90 Å². The van der Waals surface area contributed by atoms with Crippen LogP contribution in [0.3, 0.4) is 0 Å². The Morgan fingerprint density at radius 2 is 2.00 bits per heavy atom. The summed E-state index contributed by atoms with van der Waals surface area (Å²) in [5.41, 5.74) is 1.84. The molecule has 25 heavy (non-hydrogen) atoms. The molecule has 5 nitrogen and oxygen atoms in total. The zero-order valence-electron chi connectivity index (χ0n) is 13.8. The number of hydrogen-bond donors (Lipinski definition) is 0. The van der Waals surface area contributed by atoms with Crippen molar-refractivity contribution in [1.82, 2.24) is 19.5 Å². The molecule has 1 unspecified atom stereocenters. The van der Waals surface area contributed by atoms with Gasteiger partial charge in [0.1, 0.15) is 5.82 Å². The molecular weight excluding hydrogens is 336 g/mol. The summed E-state index contributed by atoms with van der Waals surface area (Å²) in [6.07, 6.45) is 4.41. The molecule has 0 bridgehead atoms. The highest BCUT2D eigenvalue weighted by Crippen LogP contribution is 2.26. The lowest BCUT2D eigenvalue weighted by molar-refractivity contribution is -0.131. The van der Waals surface area contributed by atoms with Gasteiger partial charge in [0.15, 0.2) is 5.65 Å². The second kappa shape index (κ2) is 6.84. The predicted octanol–water partition coefficient (Wildman–Crippen LogP) is 3.33. The highest BCUT2D eigenvalue weighted by Gasteiger charge is 2.27. The van der Waals surface area contributed by atoms with E-state index in [0.29, 0.717) is 18.0 Å². The molecule has 1 amide bonds. The van der Waals surface area contributed by atoms with Gasteiger partial charge in [-0.3, -0.25) is 9.20 Å². The molecule has 2 aromatic heterocycles. The van der Waals surface area contributed by atoms with Gasteiger partial charge in [-0.2, -0.15) is 0 Å². The minimum absolute atomic E-state index is 0.154. The van der Waals surface area contributed by atoms with Crippen molar-refractivity contribution in [3.05, 3.63) is 65.1 Å². The van der Waals surface area contributed by atoms with Crippen LogP contribution in [-0.4, -0.2) is 38.5 Å². The van der Waals surface area contributed by atoms with Gasteiger partial charge in [0.25, 0.3) is 0 Å². The monoisotopic (exact) mass is 354 g/mol. The SMILES string of the molecule is O=C(Cc1ccc(Cl)cc1)N1CCCC(c2nnc3ccccn23)C1. The van der Waals surface area contributed by atoms with E-state index < -0.39 is 0 Å². The first-order valence-electron chi connectivity index (χ1n) is 8.52. The quantitative estimate of drug-likeness (QED) is 0.725. The number of hydrogen-bond acceptors (Lipinski definition) is 3. The molecule has 0 radical (unpaired) electrons. The van der Waals surface area contributed by atoms with Crippen LogP contribution in [0.25, 0.3) is 5.65 Å². The summed E-state index contributed by atoms with van der Waals surface area (Å²) in [5, 5.41) is 9.29. The average Bonchev–Trinajstić information content (AvgIpc) is 3.08. The van der Waals surface area contributed by atoms with Gasteiger partial charge in [0.2, 0.25) is 5.91 Å². The van der Waals surface area contributed by atoms with Crippen LogP contribution in [0.5, 0.6) is 0 Å². The second-order valence-electron chi connectivity index (χ2n) is 6.47. The number of carbonyl (C=O) groups excluding carboxylic acids is 1. The maximum Gasteiger partial charge on any atom is 0.227 e. The lowest BCUT2D eigenvalue weighted by Gasteiger charge is -2.32. The Balaban J connectivity index is 1.49. The molecule has 6 heteroatoms. The number of pyridine rings is 1. The predicted molar refractivity (Wildman–Crippen MR) is 96.7 cm³/mol. The first kappa shape index (κ1) is 16.1. The molecule has 0 aliphatic carbocycles. The Labute approximate surface area is 151 Å². The van der Waals surface area contributed by atoms with Crippen LogP contribution in [0.4, 0.5) is 0 Å². The molecule has 3 aromatic rings. The highest BCUT2D eigenvalue weighted by atomic mass is 35.5. The minimum Gasteiger partial charge on any atom is -0.342 e. The van der Waals surface area contributed by atoms with Crippen molar-refractivity contribution in [2.75, 3.05) is 13.1 Å². The van der Waals surface area contributed by atoms with Crippen molar-refractivity contribution in [1.29, 1.82) is 0 Å². The molecule has 0 saturated carbocycles. The normalized spacial score (nSPS) is 17.8. The molecule has 0 spiro atoms. The fourth-order valence-corrected chi connectivity index (χ4v) is 3.57. The molecule has 3 heterocycles. The number of carbonyl (C=O) groups is 1. The van der Waals surface area contributed by atoms with E-state index >= 15 is 0 Å². The van der Waals surface area contributed by atoms with Gasteiger partial charge >= 0.3 is 0 Å². The summed E-state index contributed by atoms with van der Waals surface area (Å²) in [6, 6.07) is 13.4. The number of halogens is 1. The highest BCUT2D eigenvalue weighted by molar-refractivity contribution is 6.30. The second-order valence-corrected chi connectivity index (χ2v) is 6.91. The maximum atomic E-state index is 12.7. The number of fused-ring (bicyclic) bond motifs is 1. The Morgan fingerprint density at radius 1 is 1.16 bits per heavy atom. The van der Waals surface area contributed by atoms with Gasteiger partial charge in [-0.15, -0.1) is 10.2 Å². The van der Waals surface area contributed by atoms with Crippen molar-refractivity contribution >= 4 is 23.2 Å². The number of amides is 1. The van der Waals surface area contributed by atoms with Crippen molar-refractivity contribution < 1.29 is 4.79 Å². The number of aromatic nitrogens is 3. The molecule has 1 atom stereocenters. The van der Waals surface area contributed by atoms with Crippen LogP contribution >= 0.6 is 11.6 Å². The van der Waals surface area contributed by atoms with Crippen molar-refractivity contribution in [2.45, 2.75) is 25.2 Å². The Morgan fingerprint density at radius 3 is 2.84 bits per heavy atom. The fraction of sp³-hybridized carbons (Fsp3) is 0.316. The molecule has 1 saturated heterocycles. The van der Waals surface area contributed by atoms with Crippen molar-refractivity contribution in [3.8, 4) is 0 Å². The Hall–Kier alpha value is -2.40. The van der Waals surface area contributed by atoms with E-state index in [1.165, 1.54) is 0 Å². The number of likely N-dealkylation sites (tertiary alicyclic amines) is 1. The number of piperidine rings is 1. The standard InChI is InChI=1S/C19H19ClN4O/c20-16-8-6-14(7-9-16)12-18(25)23-10-3-4-15(13-23)19-22-21-17-5-1-2-11-24(17)19/h1-2,5-9,11,15H,3-4,10,12-13H2. The molecule has 4 rings (SSSR count). The molecule has 0 N–H and O–H groups in total. The van der Waals surface area contributed by atoms with E-state index in [-0.39, 0.29) is 11.8 Å². The number of benzene rings is 1. The zero-order chi connectivity index (χ0) is 17.2. The van der Waals surface area contributed by atoms with Gasteiger partial charge in [-0.05, 0) is 42.7 Å². The third kappa shape index (κ3) is 3.37. The van der Waals surface area contributed by atoms with Crippen LogP contribution in [-0.2, 0) is 11.2 Å². The molecule has 1 aromatic carbocycles. The number of rotatable bonds is 3. The van der Waals surface area contributed by atoms with E-state index in [1.807, 2.05) is 58.0 Å². The lowest BCUT2D eigenvalue weighted by atomic mass is 9.96. The largest absolute Gasteiger partial charge is 0.342 e. The summed E-state index contributed by atoms with van der Waals surface area (Å²) in [6.45, 7) is 1.50. The van der Waals surface area contributed by atoms with E-state index in [2.05, 4.69) is 10.2 Å². The van der Waals surface area contributed by atoms with Crippen LogP contribution in [0, 0.1) is 0 Å². The average molecular weight is 355 g/mol. The van der Waals surface area contributed by atoms with Crippen LogP contribution in [0.1, 0.15) is 30.1 Å². The van der Waals surface area contributed by atoms with Gasteiger partial charge in [-0.1, -0.05) is 29.8 Å². The summed E-state index contributed by atoms with van der Waals surface area (Å²) in [4.78, 5) is 14.6. The first-order chi connectivity index (χ1) is 12.2. The van der Waals surface area contributed by atoms with Crippen LogP contribution < -0.4 is 0 Å². The zero-order valence-corrected chi connectivity index (χ0v) is 14.6. The fourth-order valence-electron chi connectivity index (χ4n) is 3.44. The molecular formula is C19H19ClN4O. The third-order valence-corrected chi connectivity index (χ3v) is 5.00. The molecule has 1 aliphatic heterocycles. The minimum atomic E-state index is 0.154. The topological polar surface area (TPSA) is 50.5 Å². The van der Waals surface area contributed by atoms with E-state index in [9.17, 15) is 4.79 Å². The van der Waals surface area contributed by atoms with Crippen LogP contribution in [0.15, 0.2) is 48.7 Å². The van der Waals surface area contributed by atoms with Gasteiger partial charge in [0.05, 0.1) is 6.42 Å². The summed E-state index contributed by atoms with van der Waals surface area (Å²) in [7, 11) is 0. The number of nitrogens with zero attached hydrogens (tertiary/aromatic N) is 4. The summed E-state index contributed by atoms with van der Waals surface area (Å²) >= 11 is 5.91. The smallest absolute Gasteiger partial charge is 0.227 e. The Kier molecular flexibility index (Phi) is 4.40. The van der Waals surface area contributed by atoms with E-state index in [0.717, 1.165) is 36.4 Å². The first-order valence-corrected chi connectivity index (χ1v) is 8.90. The molecule has 1 aliphatic rings. The van der Waals surface area contributed by atoms with Gasteiger partial charge in [0, 0.05) is 30.2 Å². The summed E-state index contributed by atoms with van der Waals surface area (Å²) < 4.78 is 2.03. The van der Waals surface area contributed by atoms with E-state index in [1.54, 1.807) is 0 Å². The molecule has 128 valence electrons.